The van der Waals surface area contributed by atoms with Gasteiger partial charge in [-0.3, -0.25) is 14.7 Å². The van der Waals surface area contributed by atoms with Crippen LogP contribution in [-0.4, -0.2) is 44.1 Å². The molecule has 0 aromatic carbocycles. The number of carbonyl (C=O) groups is 1. The number of carbonyl (C=O) groups excluding carboxylic acids is 1. The minimum Gasteiger partial charge on any atom is -0.456 e. The second-order valence-corrected chi connectivity index (χ2v) is 6.99. The average Bonchev–Trinajstić information content (AvgIpc) is 2.82. The maximum atomic E-state index is 12.7. The molecule has 0 aliphatic carbocycles. The number of hydrogen-bond acceptors (Lipinski definition) is 8. The van der Waals surface area contributed by atoms with E-state index in [1.54, 1.807) is 31.3 Å². The van der Waals surface area contributed by atoms with Gasteiger partial charge in [0.15, 0.2) is 5.65 Å². The first kappa shape index (κ1) is 21.7. The Morgan fingerprint density at radius 3 is 2.73 bits per heavy atom. The number of pyridine rings is 3. The number of fused-ring (bicyclic) bond motifs is 1. The summed E-state index contributed by atoms with van der Waals surface area (Å²) in [6.07, 6.45) is 4.58. The van der Waals surface area contributed by atoms with E-state index in [9.17, 15) is 9.59 Å². The number of rotatable bonds is 6. The molecule has 0 radical (unpaired) electrons. The fourth-order valence-electron chi connectivity index (χ4n) is 3.10. The number of urea groups is 1. The van der Waals surface area contributed by atoms with Crippen molar-refractivity contribution < 1.29 is 9.53 Å². The van der Waals surface area contributed by atoms with Gasteiger partial charge in [-0.2, -0.15) is 0 Å². The zero-order valence-electron chi connectivity index (χ0n) is 18.3. The van der Waals surface area contributed by atoms with Crippen molar-refractivity contribution in [3.8, 4) is 22.8 Å². The molecule has 0 atom stereocenters. The molecular formula is C22H22N8O3. The van der Waals surface area contributed by atoms with E-state index < -0.39 is 0 Å². The predicted molar refractivity (Wildman–Crippen MR) is 125 cm³/mol. The van der Waals surface area contributed by atoms with Crippen molar-refractivity contribution in [3.05, 3.63) is 59.3 Å². The highest BCUT2D eigenvalue weighted by molar-refractivity contribution is 5.88. The second-order valence-electron chi connectivity index (χ2n) is 6.99. The normalized spacial score (nSPS) is 10.6. The third kappa shape index (κ3) is 4.71. The number of anilines is 2. The van der Waals surface area contributed by atoms with E-state index in [-0.39, 0.29) is 11.6 Å². The molecule has 0 bridgehead atoms. The van der Waals surface area contributed by atoms with Gasteiger partial charge < -0.3 is 15.4 Å². The molecular weight excluding hydrogens is 424 g/mol. The summed E-state index contributed by atoms with van der Waals surface area (Å²) >= 11 is 0. The van der Waals surface area contributed by atoms with Crippen molar-refractivity contribution in [1.82, 2.24) is 29.8 Å². The molecule has 4 heterocycles. The predicted octanol–water partition coefficient (Wildman–Crippen LogP) is 2.76. The van der Waals surface area contributed by atoms with Crippen molar-refractivity contribution in [1.29, 1.82) is 0 Å². The molecule has 11 heteroatoms. The van der Waals surface area contributed by atoms with E-state index in [2.05, 4.69) is 35.9 Å². The molecule has 0 unspecified atom stereocenters. The number of ether oxygens (including phenoxy) is 1. The zero-order chi connectivity index (χ0) is 23.4. The molecule has 4 aromatic heterocycles. The molecule has 0 aliphatic rings. The van der Waals surface area contributed by atoms with Crippen LogP contribution in [0.5, 0.6) is 11.5 Å². The van der Waals surface area contributed by atoms with Gasteiger partial charge in [0.25, 0.3) is 5.56 Å². The average molecular weight is 446 g/mol. The van der Waals surface area contributed by atoms with Gasteiger partial charge in [0.1, 0.15) is 17.3 Å². The molecule has 4 aromatic rings. The smallest absolute Gasteiger partial charge is 0.320 e. The SMILES string of the molecule is CCNc1ncc(-c2ccc3cc(Oc4ccnc(NC(=O)NC)c4)cnc3n2)c(=O)n1C. The van der Waals surface area contributed by atoms with Gasteiger partial charge >= 0.3 is 6.03 Å². The van der Waals surface area contributed by atoms with Crippen molar-refractivity contribution in [2.24, 2.45) is 7.05 Å². The highest BCUT2D eigenvalue weighted by atomic mass is 16.5. The van der Waals surface area contributed by atoms with Crippen LogP contribution in [0, 0.1) is 0 Å². The van der Waals surface area contributed by atoms with E-state index in [1.165, 1.54) is 30.2 Å². The molecule has 168 valence electrons. The summed E-state index contributed by atoms with van der Waals surface area (Å²) < 4.78 is 7.31. The summed E-state index contributed by atoms with van der Waals surface area (Å²) in [6, 6.07) is 8.24. The van der Waals surface area contributed by atoms with Crippen LogP contribution in [0.25, 0.3) is 22.3 Å². The van der Waals surface area contributed by atoms with E-state index in [4.69, 9.17) is 4.74 Å². The summed E-state index contributed by atoms with van der Waals surface area (Å²) in [4.78, 5) is 41.5. The summed E-state index contributed by atoms with van der Waals surface area (Å²) in [5.41, 5.74) is 1.14. The Hall–Kier alpha value is -4.54. The number of aromatic nitrogens is 5. The minimum atomic E-state index is -0.379. The molecule has 0 saturated heterocycles. The molecule has 3 N–H and O–H groups in total. The van der Waals surface area contributed by atoms with Gasteiger partial charge in [-0.15, -0.1) is 0 Å². The lowest BCUT2D eigenvalue weighted by Gasteiger charge is -2.10. The van der Waals surface area contributed by atoms with Gasteiger partial charge in [-0.05, 0) is 31.2 Å². The molecule has 4 rings (SSSR count). The first-order valence-corrected chi connectivity index (χ1v) is 10.2. The Balaban J connectivity index is 1.59. The number of nitrogens with zero attached hydrogens (tertiary/aromatic N) is 5. The Kier molecular flexibility index (Phi) is 6.11. The van der Waals surface area contributed by atoms with Crippen LogP contribution >= 0.6 is 0 Å². The third-order valence-electron chi connectivity index (χ3n) is 4.73. The highest BCUT2D eigenvalue weighted by Crippen LogP contribution is 2.26. The fraction of sp³-hybridized carbons (Fsp3) is 0.182. The van der Waals surface area contributed by atoms with Crippen LogP contribution < -0.4 is 26.2 Å². The van der Waals surface area contributed by atoms with Crippen molar-refractivity contribution >= 4 is 28.8 Å². The maximum absolute atomic E-state index is 12.7. The summed E-state index contributed by atoms with van der Waals surface area (Å²) in [7, 11) is 3.18. The lowest BCUT2D eigenvalue weighted by atomic mass is 10.2. The molecule has 0 fully saturated rings. The molecule has 11 nitrogen and oxygen atoms in total. The van der Waals surface area contributed by atoms with E-state index in [0.29, 0.717) is 46.7 Å². The quantitative estimate of drug-likeness (QED) is 0.411. The van der Waals surface area contributed by atoms with E-state index >= 15 is 0 Å². The minimum absolute atomic E-state index is 0.202. The largest absolute Gasteiger partial charge is 0.456 e. The van der Waals surface area contributed by atoms with Crippen molar-refractivity contribution in [2.45, 2.75) is 6.92 Å². The summed E-state index contributed by atoms with van der Waals surface area (Å²) in [6.45, 7) is 2.59. The summed E-state index contributed by atoms with van der Waals surface area (Å²) in [5.74, 6) is 1.82. The van der Waals surface area contributed by atoms with Gasteiger partial charge in [-0.25, -0.2) is 24.7 Å². The van der Waals surface area contributed by atoms with Crippen molar-refractivity contribution in [2.75, 3.05) is 24.2 Å². The van der Waals surface area contributed by atoms with Gasteiger partial charge in [-0.1, -0.05) is 0 Å². The summed E-state index contributed by atoms with van der Waals surface area (Å²) in [5, 5.41) is 8.83. The van der Waals surface area contributed by atoms with Crippen LogP contribution in [0.2, 0.25) is 0 Å². The standard InChI is InChI=1S/C22H22N8O3/c1-4-24-21-27-12-16(20(31)30(21)3)17-6-5-13-9-15(11-26-19(13)28-17)33-14-7-8-25-18(10-14)29-22(32)23-2/h5-12H,4H2,1-3H3,(H,24,27)(H2,23,25,29,32). The monoisotopic (exact) mass is 446 g/mol. The molecule has 33 heavy (non-hydrogen) atoms. The van der Waals surface area contributed by atoms with Crippen LogP contribution in [0.4, 0.5) is 16.6 Å². The Labute approximate surface area is 188 Å². The van der Waals surface area contributed by atoms with Crippen LogP contribution in [-0.2, 0) is 7.05 Å². The highest BCUT2D eigenvalue weighted by Gasteiger charge is 2.12. The topological polar surface area (TPSA) is 136 Å². The first-order chi connectivity index (χ1) is 16.0. The van der Waals surface area contributed by atoms with Crippen LogP contribution in [0.3, 0.4) is 0 Å². The Morgan fingerprint density at radius 1 is 1.09 bits per heavy atom. The molecule has 0 saturated carbocycles. The van der Waals surface area contributed by atoms with Gasteiger partial charge in [0, 0.05) is 44.5 Å². The number of hydrogen-bond donors (Lipinski definition) is 3. The number of nitrogens with one attached hydrogen (secondary N) is 3. The van der Waals surface area contributed by atoms with E-state index in [0.717, 1.165) is 5.39 Å². The lowest BCUT2D eigenvalue weighted by molar-refractivity contribution is 0.254. The number of amides is 2. The van der Waals surface area contributed by atoms with Gasteiger partial charge in [0.05, 0.1) is 17.5 Å². The van der Waals surface area contributed by atoms with Crippen LogP contribution in [0.1, 0.15) is 6.92 Å². The molecule has 0 spiro atoms. The Morgan fingerprint density at radius 2 is 1.94 bits per heavy atom. The molecule has 2 amide bonds. The third-order valence-corrected chi connectivity index (χ3v) is 4.73. The van der Waals surface area contributed by atoms with E-state index in [1.807, 2.05) is 13.0 Å². The van der Waals surface area contributed by atoms with Crippen molar-refractivity contribution in [3.63, 3.8) is 0 Å². The van der Waals surface area contributed by atoms with Crippen LogP contribution in [0.15, 0.2) is 53.7 Å². The van der Waals surface area contributed by atoms with Gasteiger partial charge in [0.2, 0.25) is 5.95 Å². The Bertz CT molecular complexity index is 1390. The zero-order valence-corrected chi connectivity index (χ0v) is 18.3. The second kappa shape index (κ2) is 9.30. The fourth-order valence-corrected chi connectivity index (χ4v) is 3.10. The first-order valence-electron chi connectivity index (χ1n) is 10.2. The lowest BCUT2D eigenvalue weighted by Crippen LogP contribution is -2.24. The maximum Gasteiger partial charge on any atom is 0.320 e. The molecule has 0 aliphatic heterocycles.